The lowest BCUT2D eigenvalue weighted by atomic mass is 10.1. The third-order valence-corrected chi connectivity index (χ3v) is 4.62. The van der Waals surface area contributed by atoms with Crippen molar-refractivity contribution in [2.45, 2.75) is 0 Å². The fraction of sp³-hybridized carbons (Fsp3) is 0. The van der Waals surface area contributed by atoms with Crippen molar-refractivity contribution in [2.75, 3.05) is 0 Å². The van der Waals surface area contributed by atoms with Gasteiger partial charge in [0.15, 0.2) is 5.42 Å². The zero-order chi connectivity index (χ0) is 15.1. The summed E-state index contributed by atoms with van der Waals surface area (Å²) >= 11 is 1.36. The van der Waals surface area contributed by atoms with Crippen LogP contribution in [0.25, 0.3) is 21.1 Å². The minimum Gasteiger partial charge on any atom is -0.452 e. The molecule has 5 heteroatoms. The molecular weight excluding hydrogens is 296 g/mol. The summed E-state index contributed by atoms with van der Waals surface area (Å²) in [6, 6.07) is 14.6. The number of fused-ring (bicyclic) bond motifs is 2. The van der Waals surface area contributed by atoms with E-state index in [9.17, 15) is 4.79 Å². The van der Waals surface area contributed by atoms with E-state index < -0.39 is 0 Å². The van der Waals surface area contributed by atoms with Crippen LogP contribution in [0, 0.1) is 21.4 Å². The molecule has 1 aliphatic heterocycles. The summed E-state index contributed by atoms with van der Waals surface area (Å²) in [6.45, 7) is 0. The van der Waals surface area contributed by atoms with Gasteiger partial charge in [-0.15, -0.1) is 11.3 Å². The molecule has 0 unspecified atom stereocenters. The van der Waals surface area contributed by atoms with Crippen LogP contribution in [0.4, 0.5) is 0 Å². The quantitative estimate of drug-likeness (QED) is 0.469. The largest absolute Gasteiger partial charge is 0.452 e. The first-order chi connectivity index (χ1) is 10.8. The summed E-state index contributed by atoms with van der Waals surface area (Å²) in [5.74, 6) is 0. The molecule has 2 aliphatic rings. The molecule has 1 aliphatic carbocycles. The fourth-order valence-electron chi connectivity index (χ4n) is 2.53. The molecule has 104 valence electrons. The maximum absolute atomic E-state index is 12.7. The molecule has 0 saturated heterocycles. The van der Waals surface area contributed by atoms with E-state index in [-0.39, 0.29) is 5.43 Å². The van der Waals surface area contributed by atoms with E-state index in [0.29, 0.717) is 31.7 Å². The Hall–Kier alpha value is -2.97. The number of benzene rings is 2. The molecule has 1 heterocycles. The summed E-state index contributed by atoms with van der Waals surface area (Å²) in [7, 11) is 0. The van der Waals surface area contributed by atoms with Crippen LogP contribution >= 0.6 is 11.3 Å². The van der Waals surface area contributed by atoms with Gasteiger partial charge in [-0.3, -0.25) is 4.79 Å². The highest BCUT2D eigenvalue weighted by molar-refractivity contribution is 7.16. The molecular formula is C17H8N2O2S. The Bertz CT molecular complexity index is 1260. The molecule has 0 aromatic heterocycles. The van der Waals surface area contributed by atoms with Gasteiger partial charge in [0, 0.05) is 10.8 Å². The van der Waals surface area contributed by atoms with Crippen LogP contribution in [-0.4, -0.2) is 0 Å². The molecule has 22 heavy (non-hydrogen) atoms. The van der Waals surface area contributed by atoms with E-state index in [1.54, 1.807) is 24.4 Å². The first-order valence-corrected chi connectivity index (χ1v) is 7.41. The van der Waals surface area contributed by atoms with Gasteiger partial charge in [-0.25, -0.2) is 0 Å². The molecule has 0 fully saturated rings. The number of hydrogen-bond acceptors (Lipinski definition) is 5. The first-order valence-electron chi connectivity index (χ1n) is 6.60. The van der Waals surface area contributed by atoms with Crippen molar-refractivity contribution in [3.8, 4) is 6.19 Å². The molecule has 0 atom stereocenters. The Morgan fingerprint density at radius 2 is 1.77 bits per heavy atom. The molecule has 0 bridgehead atoms. The van der Waals surface area contributed by atoms with Gasteiger partial charge in [-0.2, -0.15) is 10.3 Å². The van der Waals surface area contributed by atoms with Crippen LogP contribution in [0.1, 0.15) is 0 Å². The lowest BCUT2D eigenvalue weighted by Gasteiger charge is -2.01. The van der Waals surface area contributed by atoms with Gasteiger partial charge in [0.1, 0.15) is 15.5 Å². The number of hydrogen-bond donors (Lipinski definition) is 0. The predicted octanol–water partition coefficient (Wildman–Crippen LogP) is 3.11. The number of rotatable bonds is 0. The average Bonchev–Trinajstić information content (AvgIpc) is 2.57. The third kappa shape index (κ3) is 1.75. The molecule has 0 N–H and O–H groups in total. The van der Waals surface area contributed by atoms with Gasteiger partial charge < -0.3 is 4.42 Å². The van der Waals surface area contributed by atoms with Crippen molar-refractivity contribution in [1.29, 1.82) is 5.26 Å². The van der Waals surface area contributed by atoms with Crippen molar-refractivity contribution in [3.63, 3.8) is 0 Å². The van der Waals surface area contributed by atoms with Gasteiger partial charge in [-0.1, -0.05) is 36.4 Å². The SMILES string of the molecule is N#CN=c1c2oc3ccccc3sc=2c(=O)c2ccccc12. The summed E-state index contributed by atoms with van der Waals surface area (Å²) in [5.41, 5.74) is 0.944. The van der Waals surface area contributed by atoms with Crippen LogP contribution in [0.2, 0.25) is 0 Å². The van der Waals surface area contributed by atoms with Crippen LogP contribution in [-0.2, 0) is 0 Å². The van der Waals surface area contributed by atoms with E-state index in [4.69, 9.17) is 9.68 Å². The van der Waals surface area contributed by atoms with Crippen molar-refractivity contribution < 1.29 is 4.42 Å². The minimum absolute atomic E-state index is 0.0954. The maximum Gasteiger partial charge on any atom is 0.207 e. The molecule has 0 amide bonds. The molecule has 4 nitrogen and oxygen atoms in total. The standard InChI is InChI=1S/C17H8N2O2S/c18-9-19-14-10-5-1-2-6-11(10)15(20)17-16(14)21-12-7-3-4-8-13(12)22-17/h1-8H. The zero-order valence-corrected chi connectivity index (χ0v) is 12.1. The van der Waals surface area contributed by atoms with Gasteiger partial charge in [0.2, 0.25) is 11.6 Å². The van der Waals surface area contributed by atoms with Crippen molar-refractivity contribution in [1.82, 2.24) is 0 Å². The Labute approximate surface area is 127 Å². The van der Waals surface area contributed by atoms with Crippen LogP contribution in [0.15, 0.2) is 62.7 Å². The smallest absolute Gasteiger partial charge is 0.207 e. The second-order valence-electron chi connectivity index (χ2n) is 4.74. The fourth-order valence-corrected chi connectivity index (χ4v) is 3.54. The third-order valence-electron chi connectivity index (χ3n) is 3.49. The summed E-state index contributed by atoms with van der Waals surface area (Å²) in [6.07, 6.45) is 1.80. The van der Waals surface area contributed by atoms with E-state index in [0.717, 1.165) is 4.70 Å². The van der Waals surface area contributed by atoms with Crippen molar-refractivity contribution >= 4 is 32.4 Å². The van der Waals surface area contributed by atoms with Gasteiger partial charge >= 0.3 is 0 Å². The number of nitriles is 1. The summed E-state index contributed by atoms with van der Waals surface area (Å²) in [5, 5.41) is 10.6. The van der Waals surface area contributed by atoms with Gasteiger partial charge in [-0.05, 0) is 12.1 Å². The lowest BCUT2D eigenvalue weighted by molar-refractivity contribution is 0.565. The number of nitrogens with zero attached hydrogens (tertiary/aromatic N) is 2. The molecule has 2 aromatic rings. The highest BCUT2D eigenvalue weighted by Crippen LogP contribution is 2.20. The summed E-state index contributed by atoms with van der Waals surface area (Å²) in [4.78, 5) is 16.6. The van der Waals surface area contributed by atoms with Gasteiger partial charge in [0.05, 0.1) is 4.70 Å². The Morgan fingerprint density at radius 1 is 1.05 bits per heavy atom. The monoisotopic (exact) mass is 304 g/mol. The van der Waals surface area contributed by atoms with Crippen LogP contribution < -0.4 is 10.8 Å². The highest BCUT2D eigenvalue weighted by atomic mass is 32.1. The zero-order valence-electron chi connectivity index (χ0n) is 11.2. The second kappa shape index (κ2) is 4.79. The normalized spacial score (nSPS) is 12.0. The maximum atomic E-state index is 12.7. The minimum atomic E-state index is -0.0954. The van der Waals surface area contributed by atoms with E-state index in [1.807, 2.05) is 30.3 Å². The first kappa shape index (κ1) is 12.7. The van der Waals surface area contributed by atoms with Crippen molar-refractivity contribution in [3.05, 3.63) is 74.1 Å². The van der Waals surface area contributed by atoms with E-state index in [2.05, 4.69) is 4.99 Å². The molecule has 0 saturated carbocycles. The molecule has 0 radical (unpaired) electrons. The summed E-state index contributed by atoms with van der Waals surface area (Å²) < 4.78 is 7.24. The van der Waals surface area contributed by atoms with E-state index in [1.165, 1.54) is 11.3 Å². The second-order valence-corrected chi connectivity index (χ2v) is 5.80. The van der Waals surface area contributed by atoms with Crippen LogP contribution in [0.3, 0.4) is 0 Å². The van der Waals surface area contributed by atoms with Gasteiger partial charge in [0.25, 0.3) is 0 Å². The molecule has 0 spiro atoms. The Kier molecular flexibility index (Phi) is 2.78. The lowest BCUT2D eigenvalue weighted by Crippen LogP contribution is -2.15. The van der Waals surface area contributed by atoms with E-state index >= 15 is 0 Å². The van der Waals surface area contributed by atoms with Crippen molar-refractivity contribution in [2.24, 2.45) is 4.99 Å². The molecule has 2 aromatic carbocycles. The average molecular weight is 304 g/mol. The topological polar surface area (TPSA) is 66.4 Å². The molecule has 4 rings (SSSR count). The Balaban J connectivity index is 2.47. The predicted molar refractivity (Wildman–Crippen MR) is 84.3 cm³/mol. The highest BCUT2D eigenvalue weighted by Gasteiger charge is 2.10. The van der Waals surface area contributed by atoms with Crippen LogP contribution in [0.5, 0.6) is 0 Å². The number of para-hydroxylation sites is 1. The Morgan fingerprint density at radius 3 is 2.59 bits per heavy atom.